The molecule has 0 aliphatic heterocycles. The highest BCUT2D eigenvalue weighted by Crippen LogP contribution is 2.22. The van der Waals surface area contributed by atoms with Gasteiger partial charge in [0.05, 0.1) is 0 Å². The number of fused-ring (bicyclic) bond motifs is 1. The Bertz CT molecular complexity index is 683. The van der Waals surface area contributed by atoms with Crippen LogP contribution in [0.25, 0.3) is 17.0 Å². The maximum absolute atomic E-state index is 4.28. The van der Waals surface area contributed by atoms with E-state index in [1.54, 1.807) is 0 Å². The predicted molar refractivity (Wildman–Crippen MR) is 67.9 cm³/mol. The first kappa shape index (κ1) is 10.0. The van der Waals surface area contributed by atoms with E-state index in [2.05, 4.69) is 42.4 Å². The normalized spacial score (nSPS) is 10.9. The highest BCUT2D eigenvalue weighted by atomic mass is 15.2. The lowest BCUT2D eigenvalue weighted by molar-refractivity contribution is 1.10. The molecule has 0 atom stereocenters. The van der Waals surface area contributed by atoms with Crippen molar-refractivity contribution in [2.24, 2.45) is 0 Å². The molecule has 84 valence electrons. The lowest BCUT2D eigenvalue weighted by Crippen LogP contribution is -1.92. The molecule has 3 rings (SSSR count). The zero-order chi connectivity index (χ0) is 11.8. The maximum atomic E-state index is 4.28. The number of hydrogen-bond donors (Lipinski definition) is 0. The number of rotatable bonds is 1. The Morgan fingerprint density at radius 3 is 2.59 bits per heavy atom. The molecule has 3 aromatic rings. The van der Waals surface area contributed by atoms with Gasteiger partial charge in [-0.2, -0.15) is 0 Å². The Kier molecular flexibility index (Phi) is 2.18. The van der Waals surface area contributed by atoms with Crippen LogP contribution >= 0.6 is 0 Å². The van der Waals surface area contributed by atoms with Gasteiger partial charge in [-0.25, -0.2) is 0 Å². The van der Waals surface area contributed by atoms with Crippen molar-refractivity contribution in [3.63, 3.8) is 0 Å². The summed E-state index contributed by atoms with van der Waals surface area (Å²) in [6.07, 6.45) is 2.07. The largest absolute Gasteiger partial charge is 0.282 e. The van der Waals surface area contributed by atoms with Crippen molar-refractivity contribution in [1.82, 2.24) is 14.6 Å². The fraction of sp³-hybridized carbons (Fsp3) is 0.143. The molecule has 1 aromatic carbocycles. The number of hydrogen-bond acceptors (Lipinski definition) is 2. The first-order valence-corrected chi connectivity index (χ1v) is 5.63. The van der Waals surface area contributed by atoms with Gasteiger partial charge in [-0.05, 0) is 31.0 Å². The summed E-state index contributed by atoms with van der Waals surface area (Å²) in [7, 11) is 0. The van der Waals surface area contributed by atoms with Crippen LogP contribution in [0.4, 0.5) is 0 Å². The summed E-state index contributed by atoms with van der Waals surface area (Å²) < 4.78 is 2.04. The Morgan fingerprint density at radius 1 is 0.941 bits per heavy atom. The van der Waals surface area contributed by atoms with Crippen molar-refractivity contribution >= 4 is 5.65 Å². The molecule has 0 saturated carbocycles. The van der Waals surface area contributed by atoms with Crippen molar-refractivity contribution in [3.05, 3.63) is 53.7 Å². The van der Waals surface area contributed by atoms with Gasteiger partial charge in [0.2, 0.25) is 0 Å². The van der Waals surface area contributed by atoms with Crippen LogP contribution in [0.15, 0.2) is 42.6 Å². The Morgan fingerprint density at radius 2 is 1.76 bits per heavy atom. The minimum absolute atomic E-state index is 0.883. The van der Waals surface area contributed by atoms with E-state index in [1.807, 2.05) is 28.7 Å². The van der Waals surface area contributed by atoms with E-state index >= 15 is 0 Å². The van der Waals surface area contributed by atoms with Gasteiger partial charge in [-0.15, -0.1) is 10.2 Å². The van der Waals surface area contributed by atoms with E-state index in [9.17, 15) is 0 Å². The second-order valence-electron chi connectivity index (χ2n) is 4.27. The number of aromatic nitrogens is 3. The minimum atomic E-state index is 0.883. The van der Waals surface area contributed by atoms with Crippen LogP contribution in [0.2, 0.25) is 0 Å². The van der Waals surface area contributed by atoms with Gasteiger partial charge >= 0.3 is 0 Å². The molecule has 17 heavy (non-hydrogen) atoms. The van der Waals surface area contributed by atoms with Gasteiger partial charge in [0.25, 0.3) is 0 Å². The summed E-state index contributed by atoms with van der Waals surface area (Å²) in [5, 5.41) is 8.47. The van der Waals surface area contributed by atoms with Crippen molar-refractivity contribution < 1.29 is 0 Å². The van der Waals surface area contributed by atoms with E-state index < -0.39 is 0 Å². The van der Waals surface area contributed by atoms with Crippen molar-refractivity contribution in [2.75, 3.05) is 0 Å². The molecule has 2 heterocycles. The van der Waals surface area contributed by atoms with Crippen molar-refractivity contribution in [1.29, 1.82) is 0 Å². The molecule has 0 bridgehead atoms. The molecule has 0 radical (unpaired) electrons. The third-order valence-electron chi connectivity index (χ3n) is 2.94. The third-order valence-corrected chi connectivity index (χ3v) is 2.94. The van der Waals surface area contributed by atoms with E-state index in [4.69, 9.17) is 0 Å². The Hall–Kier alpha value is -2.16. The number of nitrogens with zero attached hydrogens (tertiary/aromatic N) is 3. The Balaban J connectivity index is 2.31. The molecule has 0 N–H and O–H groups in total. The fourth-order valence-corrected chi connectivity index (χ4v) is 2.00. The number of pyridine rings is 1. The highest BCUT2D eigenvalue weighted by molar-refractivity contribution is 5.63. The molecular formula is C14H13N3. The van der Waals surface area contributed by atoms with E-state index in [0.29, 0.717) is 0 Å². The third kappa shape index (κ3) is 1.60. The van der Waals surface area contributed by atoms with Crippen LogP contribution in [-0.4, -0.2) is 14.6 Å². The first-order chi connectivity index (χ1) is 8.25. The van der Waals surface area contributed by atoms with Crippen molar-refractivity contribution in [3.8, 4) is 11.4 Å². The molecule has 0 aliphatic rings. The summed E-state index contributed by atoms with van der Waals surface area (Å²) in [5.41, 5.74) is 4.43. The number of benzene rings is 1. The average molecular weight is 223 g/mol. The van der Waals surface area contributed by atoms with Crippen LogP contribution in [0.3, 0.4) is 0 Å². The molecular weight excluding hydrogens is 210 g/mol. The maximum Gasteiger partial charge on any atom is 0.168 e. The summed E-state index contributed by atoms with van der Waals surface area (Å²) in [4.78, 5) is 0. The topological polar surface area (TPSA) is 30.2 Å². The average Bonchev–Trinajstić information content (AvgIpc) is 2.72. The molecule has 0 aliphatic carbocycles. The van der Waals surface area contributed by atoms with Gasteiger partial charge in [-0.1, -0.05) is 30.3 Å². The zero-order valence-electron chi connectivity index (χ0n) is 9.88. The fourth-order valence-electron chi connectivity index (χ4n) is 2.00. The van der Waals surface area contributed by atoms with Crippen LogP contribution in [0.5, 0.6) is 0 Å². The molecule has 3 heteroatoms. The van der Waals surface area contributed by atoms with Crippen LogP contribution < -0.4 is 0 Å². The SMILES string of the molecule is Cc1ccc2nnc(-c3ccccc3C)n2c1. The molecule has 0 unspecified atom stereocenters. The molecule has 3 nitrogen and oxygen atoms in total. The quantitative estimate of drug-likeness (QED) is 0.634. The lowest BCUT2D eigenvalue weighted by atomic mass is 10.1. The van der Waals surface area contributed by atoms with Gasteiger partial charge in [-0.3, -0.25) is 4.40 Å². The standard InChI is InChI=1S/C14H13N3/c1-10-7-8-13-15-16-14(17(13)9-10)12-6-4-3-5-11(12)2/h3-9H,1-2H3. The summed E-state index contributed by atoms with van der Waals surface area (Å²) in [6.45, 7) is 4.16. The highest BCUT2D eigenvalue weighted by Gasteiger charge is 2.09. The first-order valence-electron chi connectivity index (χ1n) is 5.63. The van der Waals surface area contributed by atoms with Gasteiger partial charge in [0.15, 0.2) is 11.5 Å². The van der Waals surface area contributed by atoms with Crippen molar-refractivity contribution in [2.45, 2.75) is 13.8 Å². The van der Waals surface area contributed by atoms with Crippen LogP contribution in [0.1, 0.15) is 11.1 Å². The Labute approximate surface area is 99.7 Å². The molecule has 0 fully saturated rings. The monoisotopic (exact) mass is 223 g/mol. The molecule has 0 spiro atoms. The van der Waals surface area contributed by atoms with E-state index in [0.717, 1.165) is 17.0 Å². The van der Waals surface area contributed by atoms with E-state index in [1.165, 1.54) is 11.1 Å². The lowest BCUT2D eigenvalue weighted by Gasteiger charge is -2.04. The molecule has 0 saturated heterocycles. The summed E-state index contributed by atoms with van der Waals surface area (Å²) in [6, 6.07) is 12.3. The van der Waals surface area contributed by atoms with Crippen LogP contribution in [0, 0.1) is 13.8 Å². The minimum Gasteiger partial charge on any atom is -0.282 e. The summed E-state index contributed by atoms with van der Waals surface area (Å²) in [5.74, 6) is 0.904. The summed E-state index contributed by atoms with van der Waals surface area (Å²) >= 11 is 0. The van der Waals surface area contributed by atoms with Crippen LogP contribution in [-0.2, 0) is 0 Å². The molecule has 2 aromatic heterocycles. The van der Waals surface area contributed by atoms with E-state index in [-0.39, 0.29) is 0 Å². The molecule has 0 amide bonds. The van der Waals surface area contributed by atoms with Gasteiger partial charge in [0, 0.05) is 11.8 Å². The predicted octanol–water partition coefficient (Wildman–Crippen LogP) is 3.01. The smallest absolute Gasteiger partial charge is 0.168 e. The zero-order valence-corrected chi connectivity index (χ0v) is 9.88. The number of aryl methyl sites for hydroxylation is 2. The second-order valence-corrected chi connectivity index (χ2v) is 4.27. The second kappa shape index (κ2) is 3.70. The van der Waals surface area contributed by atoms with Gasteiger partial charge < -0.3 is 0 Å². The van der Waals surface area contributed by atoms with Gasteiger partial charge in [0.1, 0.15) is 0 Å².